The molecule has 3 rings (SSSR count). The molecule has 0 atom stereocenters. The topological polar surface area (TPSA) is 85.4 Å². The number of methoxy groups -OCH3 is 1. The van der Waals surface area contributed by atoms with Crippen LogP contribution in [0.4, 0.5) is 9.93 Å². The fourth-order valence-corrected chi connectivity index (χ4v) is 3.48. The SMILES string of the molecule is COc1cnc(NC(=O)NCc2nc3c(s2)COCC3)s1. The zero-order chi connectivity index (χ0) is 14.7. The molecular weight excluding hydrogens is 312 g/mol. The summed E-state index contributed by atoms with van der Waals surface area (Å²) in [4.78, 5) is 21.5. The number of hydrogen-bond donors (Lipinski definition) is 2. The van der Waals surface area contributed by atoms with Crippen molar-refractivity contribution in [2.24, 2.45) is 0 Å². The Labute approximate surface area is 129 Å². The maximum absolute atomic E-state index is 11.8. The first kappa shape index (κ1) is 14.2. The van der Waals surface area contributed by atoms with E-state index in [-0.39, 0.29) is 6.03 Å². The summed E-state index contributed by atoms with van der Waals surface area (Å²) in [5, 5.41) is 7.46. The van der Waals surface area contributed by atoms with Crippen molar-refractivity contribution >= 4 is 33.8 Å². The number of ether oxygens (including phenoxy) is 2. The standard InChI is InChI=1S/C12H14N4O3S2/c1-18-10-5-14-12(21-10)16-11(17)13-4-9-15-7-2-3-19-6-8(7)20-9/h5H,2-4,6H2,1H3,(H2,13,14,16,17). The zero-order valence-corrected chi connectivity index (χ0v) is 13.0. The summed E-state index contributed by atoms with van der Waals surface area (Å²) in [6.07, 6.45) is 2.41. The average Bonchev–Trinajstić information content (AvgIpc) is 3.10. The van der Waals surface area contributed by atoms with E-state index in [0.29, 0.717) is 23.3 Å². The minimum atomic E-state index is -0.309. The van der Waals surface area contributed by atoms with Crippen molar-refractivity contribution in [3.05, 3.63) is 21.8 Å². The maximum Gasteiger partial charge on any atom is 0.321 e. The summed E-state index contributed by atoms with van der Waals surface area (Å²) < 4.78 is 10.4. The summed E-state index contributed by atoms with van der Waals surface area (Å²) in [5.74, 6) is 0. The fourth-order valence-electron chi connectivity index (χ4n) is 1.86. The highest BCUT2D eigenvalue weighted by Crippen LogP contribution is 2.25. The normalized spacial score (nSPS) is 13.6. The quantitative estimate of drug-likeness (QED) is 0.897. The first-order valence-corrected chi connectivity index (χ1v) is 7.98. The van der Waals surface area contributed by atoms with Gasteiger partial charge in [0.2, 0.25) is 0 Å². The van der Waals surface area contributed by atoms with Crippen molar-refractivity contribution in [2.45, 2.75) is 19.6 Å². The molecule has 21 heavy (non-hydrogen) atoms. The van der Waals surface area contributed by atoms with Gasteiger partial charge < -0.3 is 14.8 Å². The molecule has 2 amide bonds. The van der Waals surface area contributed by atoms with Crippen molar-refractivity contribution in [3.8, 4) is 5.06 Å². The molecule has 0 unspecified atom stereocenters. The van der Waals surface area contributed by atoms with Crippen LogP contribution in [-0.4, -0.2) is 29.7 Å². The van der Waals surface area contributed by atoms with Crippen LogP contribution in [-0.2, 0) is 24.3 Å². The van der Waals surface area contributed by atoms with Gasteiger partial charge in [-0.05, 0) is 0 Å². The van der Waals surface area contributed by atoms with E-state index >= 15 is 0 Å². The molecule has 1 aliphatic rings. The molecule has 0 aromatic carbocycles. The van der Waals surface area contributed by atoms with E-state index in [1.165, 1.54) is 11.3 Å². The van der Waals surface area contributed by atoms with Crippen molar-refractivity contribution in [2.75, 3.05) is 19.0 Å². The third-order valence-electron chi connectivity index (χ3n) is 2.85. The highest BCUT2D eigenvalue weighted by molar-refractivity contribution is 7.17. The monoisotopic (exact) mass is 326 g/mol. The summed E-state index contributed by atoms with van der Waals surface area (Å²) in [5.41, 5.74) is 1.09. The van der Waals surface area contributed by atoms with Gasteiger partial charge in [0.25, 0.3) is 0 Å². The molecule has 0 bridgehead atoms. The molecule has 0 spiro atoms. The molecule has 9 heteroatoms. The summed E-state index contributed by atoms with van der Waals surface area (Å²) in [6.45, 7) is 1.74. The predicted molar refractivity (Wildman–Crippen MR) is 80.0 cm³/mol. The first-order chi connectivity index (χ1) is 10.2. The highest BCUT2D eigenvalue weighted by Gasteiger charge is 2.16. The van der Waals surface area contributed by atoms with E-state index < -0.39 is 0 Å². The van der Waals surface area contributed by atoms with Crippen LogP contribution in [0.2, 0.25) is 0 Å². The average molecular weight is 326 g/mol. The van der Waals surface area contributed by atoms with E-state index in [4.69, 9.17) is 9.47 Å². The number of amides is 2. The second kappa shape index (κ2) is 6.37. The van der Waals surface area contributed by atoms with Crippen molar-refractivity contribution < 1.29 is 14.3 Å². The van der Waals surface area contributed by atoms with Crippen LogP contribution in [0.3, 0.4) is 0 Å². The molecule has 0 saturated heterocycles. The minimum absolute atomic E-state index is 0.309. The Morgan fingerprint density at radius 3 is 3.19 bits per heavy atom. The van der Waals surface area contributed by atoms with E-state index in [2.05, 4.69) is 20.6 Å². The Bertz CT molecular complexity index is 617. The van der Waals surface area contributed by atoms with Gasteiger partial charge in [-0.15, -0.1) is 11.3 Å². The second-order valence-electron chi connectivity index (χ2n) is 4.28. The van der Waals surface area contributed by atoms with Crippen LogP contribution in [0.15, 0.2) is 6.20 Å². The number of nitrogens with one attached hydrogen (secondary N) is 2. The Hall–Kier alpha value is -1.71. The lowest BCUT2D eigenvalue weighted by molar-refractivity contribution is 0.112. The van der Waals surface area contributed by atoms with Crippen molar-refractivity contribution in [1.82, 2.24) is 15.3 Å². The molecule has 0 saturated carbocycles. The molecule has 0 aliphatic carbocycles. The molecule has 1 aliphatic heterocycles. The van der Waals surface area contributed by atoms with Gasteiger partial charge in [0.15, 0.2) is 10.2 Å². The van der Waals surface area contributed by atoms with Crippen LogP contribution < -0.4 is 15.4 Å². The lowest BCUT2D eigenvalue weighted by atomic mass is 10.2. The molecule has 2 aromatic heterocycles. The molecule has 2 aromatic rings. The predicted octanol–water partition coefficient (Wildman–Crippen LogP) is 2.00. The molecule has 3 heterocycles. The first-order valence-electron chi connectivity index (χ1n) is 6.34. The molecule has 0 fully saturated rings. The molecule has 112 valence electrons. The Morgan fingerprint density at radius 2 is 2.43 bits per heavy atom. The summed E-state index contributed by atoms with van der Waals surface area (Å²) in [6, 6.07) is -0.309. The fraction of sp³-hybridized carbons (Fsp3) is 0.417. The largest absolute Gasteiger partial charge is 0.486 e. The number of nitrogens with zero attached hydrogens (tertiary/aromatic N) is 2. The van der Waals surface area contributed by atoms with Gasteiger partial charge in [0.1, 0.15) is 5.01 Å². The van der Waals surface area contributed by atoms with Crippen LogP contribution in [0.5, 0.6) is 5.06 Å². The summed E-state index contributed by atoms with van der Waals surface area (Å²) >= 11 is 2.85. The maximum atomic E-state index is 11.8. The molecular formula is C12H14N4O3S2. The van der Waals surface area contributed by atoms with Gasteiger partial charge in [0, 0.05) is 6.42 Å². The smallest absolute Gasteiger partial charge is 0.321 e. The van der Waals surface area contributed by atoms with Crippen LogP contribution in [0, 0.1) is 0 Å². The number of carbonyl (C=O) groups excluding carboxylic acids is 1. The van der Waals surface area contributed by atoms with E-state index in [0.717, 1.165) is 28.6 Å². The number of rotatable bonds is 4. The molecule has 0 radical (unpaired) electrons. The Balaban J connectivity index is 1.52. The molecule has 2 N–H and O–H groups in total. The third-order valence-corrected chi connectivity index (χ3v) is 4.79. The number of thiazole rings is 2. The van der Waals surface area contributed by atoms with Gasteiger partial charge in [0.05, 0.1) is 43.6 Å². The third kappa shape index (κ3) is 3.49. The number of hydrogen-bond acceptors (Lipinski definition) is 7. The Morgan fingerprint density at radius 1 is 1.52 bits per heavy atom. The van der Waals surface area contributed by atoms with Crippen LogP contribution in [0.25, 0.3) is 0 Å². The lowest BCUT2D eigenvalue weighted by Crippen LogP contribution is -2.28. The number of fused-ring (bicyclic) bond motifs is 1. The zero-order valence-electron chi connectivity index (χ0n) is 11.3. The van der Waals surface area contributed by atoms with E-state index in [1.54, 1.807) is 24.6 Å². The van der Waals surface area contributed by atoms with Gasteiger partial charge >= 0.3 is 6.03 Å². The number of aromatic nitrogens is 2. The Kier molecular flexibility index (Phi) is 4.32. The molecule has 7 nitrogen and oxygen atoms in total. The number of anilines is 1. The van der Waals surface area contributed by atoms with Crippen molar-refractivity contribution in [1.29, 1.82) is 0 Å². The summed E-state index contributed by atoms with van der Waals surface area (Å²) in [7, 11) is 1.56. The van der Waals surface area contributed by atoms with E-state index in [1.807, 2.05) is 0 Å². The van der Waals surface area contributed by atoms with Crippen molar-refractivity contribution in [3.63, 3.8) is 0 Å². The van der Waals surface area contributed by atoms with Gasteiger partial charge in [-0.2, -0.15) is 0 Å². The second-order valence-corrected chi connectivity index (χ2v) is 6.44. The van der Waals surface area contributed by atoms with Crippen LogP contribution in [0.1, 0.15) is 15.6 Å². The van der Waals surface area contributed by atoms with Gasteiger partial charge in [-0.1, -0.05) is 11.3 Å². The number of carbonyl (C=O) groups is 1. The van der Waals surface area contributed by atoms with Crippen LogP contribution >= 0.6 is 22.7 Å². The van der Waals surface area contributed by atoms with E-state index in [9.17, 15) is 4.79 Å². The highest BCUT2D eigenvalue weighted by atomic mass is 32.1. The van der Waals surface area contributed by atoms with Gasteiger partial charge in [-0.3, -0.25) is 5.32 Å². The lowest BCUT2D eigenvalue weighted by Gasteiger charge is -2.08. The minimum Gasteiger partial charge on any atom is -0.486 e. The number of urea groups is 1. The van der Waals surface area contributed by atoms with Gasteiger partial charge in [-0.25, -0.2) is 14.8 Å².